The van der Waals surface area contributed by atoms with E-state index in [1.54, 1.807) is 32.9 Å². The maximum atomic E-state index is 11.6. The summed E-state index contributed by atoms with van der Waals surface area (Å²) in [6.07, 6.45) is -0.519. The van der Waals surface area contributed by atoms with Crippen molar-refractivity contribution in [2.45, 2.75) is 39.8 Å². The van der Waals surface area contributed by atoms with Crippen LogP contribution < -0.4 is 15.8 Å². The highest BCUT2D eigenvalue weighted by Gasteiger charge is 2.17. The van der Waals surface area contributed by atoms with E-state index in [1.807, 2.05) is 6.92 Å². The molecule has 5 nitrogen and oxygen atoms in total. The van der Waals surface area contributed by atoms with Gasteiger partial charge in [0.05, 0.1) is 12.3 Å². The van der Waals surface area contributed by atoms with E-state index >= 15 is 0 Å². The van der Waals surface area contributed by atoms with Crippen molar-refractivity contribution >= 4 is 23.4 Å². The first-order valence-corrected chi connectivity index (χ1v) is 6.79. The normalized spacial score (nSPS) is 11.1. The average molecular weight is 301 g/mol. The van der Waals surface area contributed by atoms with Gasteiger partial charge in [0.2, 0.25) is 0 Å². The molecule has 0 spiro atoms. The molecule has 0 aromatic heterocycles. The summed E-state index contributed by atoms with van der Waals surface area (Å²) in [5.41, 5.74) is 6.47. The predicted octanol–water partition coefficient (Wildman–Crippen LogP) is 3.35. The van der Waals surface area contributed by atoms with Crippen molar-refractivity contribution in [3.05, 3.63) is 22.7 Å². The Morgan fingerprint density at radius 2 is 2.05 bits per heavy atom. The van der Waals surface area contributed by atoms with Crippen molar-refractivity contribution < 1.29 is 14.3 Å². The molecule has 1 aromatic rings. The summed E-state index contributed by atoms with van der Waals surface area (Å²) in [6, 6.07) is 3.40. The molecule has 1 amide bonds. The van der Waals surface area contributed by atoms with Gasteiger partial charge in [-0.25, -0.2) is 4.79 Å². The van der Waals surface area contributed by atoms with Crippen molar-refractivity contribution in [2.24, 2.45) is 0 Å². The lowest BCUT2D eigenvalue weighted by Gasteiger charge is -2.20. The summed E-state index contributed by atoms with van der Waals surface area (Å²) < 4.78 is 10.5. The largest absolute Gasteiger partial charge is 0.492 e. The Hall–Kier alpha value is -1.62. The number of carbonyl (C=O) groups is 1. The number of rotatable bonds is 4. The smallest absolute Gasteiger partial charge is 0.407 e. The minimum Gasteiger partial charge on any atom is -0.492 e. The second kappa shape index (κ2) is 6.70. The lowest BCUT2D eigenvalue weighted by atomic mass is 10.1. The van der Waals surface area contributed by atoms with E-state index in [9.17, 15) is 4.79 Å². The molecule has 0 atom stereocenters. The summed E-state index contributed by atoms with van der Waals surface area (Å²) in [5.74, 6) is 0.554. The second-order valence-electron chi connectivity index (χ2n) is 5.23. The molecule has 0 fully saturated rings. The highest BCUT2D eigenvalue weighted by atomic mass is 35.5. The number of hydrogen-bond acceptors (Lipinski definition) is 4. The quantitative estimate of drug-likeness (QED) is 0.836. The van der Waals surface area contributed by atoms with Gasteiger partial charge < -0.3 is 20.5 Å². The summed E-state index contributed by atoms with van der Waals surface area (Å²) in [7, 11) is 0. The van der Waals surface area contributed by atoms with Gasteiger partial charge in [-0.15, -0.1) is 0 Å². The number of benzene rings is 1. The number of halogens is 1. The molecular formula is C14H21ClN2O3. The fourth-order valence-corrected chi connectivity index (χ4v) is 1.78. The lowest BCUT2D eigenvalue weighted by Crippen LogP contribution is -2.32. The van der Waals surface area contributed by atoms with Gasteiger partial charge in [0.25, 0.3) is 0 Å². The van der Waals surface area contributed by atoms with Gasteiger partial charge in [-0.1, -0.05) is 11.6 Å². The van der Waals surface area contributed by atoms with Gasteiger partial charge in [-0.05, 0) is 39.8 Å². The molecule has 0 aliphatic rings. The van der Waals surface area contributed by atoms with Gasteiger partial charge in [0.1, 0.15) is 11.4 Å². The van der Waals surface area contributed by atoms with Gasteiger partial charge in [0, 0.05) is 17.1 Å². The van der Waals surface area contributed by atoms with E-state index < -0.39 is 11.7 Å². The monoisotopic (exact) mass is 300 g/mol. The standard InChI is InChI=1S/C14H21ClN2O3/c1-5-19-11-7-6-10(15)9(12(11)16)8-17-13(18)20-14(2,3)4/h6-7H,5,8,16H2,1-4H3,(H,17,18). The van der Waals surface area contributed by atoms with Crippen LogP contribution in [-0.4, -0.2) is 18.3 Å². The van der Waals surface area contributed by atoms with Gasteiger partial charge in [0.15, 0.2) is 0 Å². The topological polar surface area (TPSA) is 73.6 Å². The van der Waals surface area contributed by atoms with E-state index in [1.165, 1.54) is 0 Å². The Morgan fingerprint density at radius 3 is 2.60 bits per heavy atom. The van der Waals surface area contributed by atoms with E-state index in [4.69, 9.17) is 26.8 Å². The van der Waals surface area contributed by atoms with Crippen LogP contribution in [0.3, 0.4) is 0 Å². The number of carbonyl (C=O) groups excluding carboxylic acids is 1. The van der Waals surface area contributed by atoms with E-state index in [0.717, 1.165) is 0 Å². The SMILES string of the molecule is CCOc1ccc(Cl)c(CNC(=O)OC(C)(C)C)c1N. The number of ether oxygens (including phenoxy) is 2. The first kappa shape index (κ1) is 16.4. The Bertz CT molecular complexity index is 484. The predicted molar refractivity (Wildman–Crippen MR) is 80.1 cm³/mol. The first-order valence-electron chi connectivity index (χ1n) is 6.41. The third-order valence-electron chi connectivity index (χ3n) is 2.37. The van der Waals surface area contributed by atoms with E-state index in [-0.39, 0.29) is 6.54 Å². The van der Waals surface area contributed by atoms with Crippen LogP contribution in [0.1, 0.15) is 33.3 Å². The van der Waals surface area contributed by atoms with Crippen molar-refractivity contribution in [3.8, 4) is 5.75 Å². The summed E-state index contributed by atoms with van der Waals surface area (Å²) in [5, 5.41) is 3.10. The molecule has 1 rings (SSSR count). The summed E-state index contributed by atoms with van der Waals surface area (Å²) in [4.78, 5) is 11.6. The number of anilines is 1. The number of alkyl carbamates (subject to hydrolysis) is 1. The minimum atomic E-state index is -0.549. The van der Waals surface area contributed by atoms with Crippen LogP contribution in [0.25, 0.3) is 0 Å². The molecule has 0 saturated heterocycles. The maximum absolute atomic E-state index is 11.6. The van der Waals surface area contributed by atoms with Gasteiger partial charge in [-0.3, -0.25) is 0 Å². The number of amides is 1. The highest BCUT2D eigenvalue weighted by Crippen LogP contribution is 2.31. The molecular weight excluding hydrogens is 280 g/mol. The lowest BCUT2D eigenvalue weighted by molar-refractivity contribution is 0.0523. The highest BCUT2D eigenvalue weighted by molar-refractivity contribution is 6.31. The van der Waals surface area contributed by atoms with Crippen LogP contribution in [0.5, 0.6) is 5.75 Å². The third kappa shape index (κ3) is 4.81. The van der Waals surface area contributed by atoms with Crippen LogP contribution in [0.15, 0.2) is 12.1 Å². The summed E-state index contributed by atoms with van der Waals surface area (Å²) in [6.45, 7) is 7.94. The first-order chi connectivity index (χ1) is 9.24. The average Bonchev–Trinajstić information content (AvgIpc) is 2.30. The van der Waals surface area contributed by atoms with Crippen LogP contribution in [0.2, 0.25) is 5.02 Å². The zero-order valence-corrected chi connectivity index (χ0v) is 13.0. The van der Waals surface area contributed by atoms with Gasteiger partial charge in [-0.2, -0.15) is 0 Å². The molecule has 0 radical (unpaired) electrons. The van der Waals surface area contributed by atoms with Crippen LogP contribution in [-0.2, 0) is 11.3 Å². The molecule has 0 bridgehead atoms. The van der Waals surface area contributed by atoms with Crippen molar-refractivity contribution in [1.29, 1.82) is 0 Å². The number of hydrogen-bond donors (Lipinski definition) is 2. The third-order valence-corrected chi connectivity index (χ3v) is 2.72. The number of nitrogen functional groups attached to an aromatic ring is 1. The zero-order chi connectivity index (χ0) is 15.3. The zero-order valence-electron chi connectivity index (χ0n) is 12.2. The van der Waals surface area contributed by atoms with E-state index in [0.29, 0.717) is 28.6 Å². The fourth-order valence-electron chi connectivity index (χ4n) is 1.55. The molecule has 20 heavy (non-hydrogen) atoms. The van der Waals surface area contributed by atoms with Crippen molar-refractivity contribution in [2.75, 3.05) is 12.3 Å². The molecule has 6 heteroatoms. The molecule has 3 N–H and O–H groups in total. The fraction of sp³-hybridized carbons (Fsp3) is 0.500. The van der Waals surface area contributed by atoms with Crippen molar-refractivity contribution in [1.82, 2.24) is 5.32 Å². The molecule has 0 unspecified atom stereocenters. The van der Waals surface area contributed by atoms with Crippen molar-refractivity contribution in [3.63, 3.8) is 0 Å². The molecule has 0 aliphatic heterocycles. The summed E-state index contributed by atoms with van der Waals surface area (Å²) >= 11 is 6.09. The molecule has 0 saturated carbocycles. The Morgan fingerprint density at radius 1 is 1.40 bits per heavy atom. The molecule has 112 valence electrons. The minimum absolute atomic E-state index is 0.181. The Balaban J connectivity index is 2.77. The molecule has 0 heterocycles. The molecule has 0 aliphatic carbocycles. The Labute approximate surface area is 124 Å². The molecule has 1 aromatic carbocycles. The number of nitrogens with one attached hydrogen (secondary N) is 1. The van der Waals surface area contributed by atoms with Crippen LogP contribution >= 0.6 is 11.6 Å². The second-order valence-corrected chi connectivity index (χ2v) is 5.63. The number of nitrogens with two attached hydrogens (primary N) is 1. The van der Waals surface area contributed by atoms with Crippen LogP contribution in [0, 0.1) is 0 Å². The van der Waals surface area contributed by atoms with Gasteiger partial charge >= 0.3 is 6.09 Å². The Kier molecular flexibility index (Phi) is 5.51. The van der Waals surface area contributed by atoms with Crippen LogP contribution in [0.4, 0.5) is 10.5 Å². The van der Waals surface area contributed by atoms with E-state index in [2.05, 4.69) is 5.32 Å². The maximum Gasteiger partial charge on any atom is 0.407 e.